The molecule has 2 aromatic heterocycles. The molecule has 2 amide bonds. The molecule has 2 aromatic carbocycles. The number of hydrogen-bond acceptors (Lipinski definition) is 4. The van der Waals surface area contributed by atoms with Crippen molar-refractivity contribution in [3.05, 3.63) is 83.0 Å². The van der Waals surface area contributed by atoms with E-state index in [4.69, 9.17) is 0 Å². The molecule has 4 aromatic rings. The fraction of sp³-hybridized carbons (Fsp3) is 0.240. The Morgan fingerprint density at radius 1 is 1.12 bits per heavy atom. The van der Waals surface area contributed by atoms with Crippen LogP contribution in [0.5, 0.6) is 0 Å². The second-order valence-corrected chi connectivity index (χ2v) is 8.64. The van der Waals surface area contributed by atoms with E-state index in [-0.39, 0.29) is 24.3 Å². The maximum atomic E-state index is 12.6. The summed E-state index contributed by atoms with van der Waals surface area (Å²) in [5.41, 5.74) is 4.34. The van der Waals surface area contributed by atoms with Gasteiger partial charge in [0.1, 0.15) is 0 Å². The van der Waals surface area contributed by atoms with Gasteiger partial charge in [0.15, 0.2) is 4.96 Å². The molecule has 0 aliphatic carbocycles. The number of nitrogens with one attached hydrogen (secondary N) is 2. The molecule has 1 atom stereocenters. The van der Waals surface area contributed by atoms with Gasteiger partial charge in [-0.15, -0.1) is 11.3 Å². The van der Waals surface area contributed by atoms with Crippen LogP contribution in [0.2, 0.25) is 0 Å². The minimum absolute atomic E-state index is 0.0749. The molecule has 0 spiro atoms. The van der Waals surface area contributed by atoms with Gasteiger partial charge in [0.05, 0.1) is 12.1 Å². The van der Waals surface area contributed by atoms with E-state index < -0.39 is 0 Å². The number of aromatic nitrogens is 2. The highest BCUT2D eigenvalue weighted by atomic mass is 32.1. The molecule has 0 saturated heterocycles. The molecule has 7 heteroatoms. The van der Waals surface area contributed by atoms with E-state index >= 15 is 0 Å². The summed E-state index contributed by atoms with van der Waals surface area (Å²) in [7, 11) is 0. The monoisotopic (exact) mass is 446 g/mol. The Labute approximate surface area is 191 Å². The van der Waals surface area contributed by atoms with Crippen molar-refractivity contribution >= 4 is 28.1 Å². The summed E-state index contributed by atoms with van der Waals surface area (Å²) in [6, 6.07) is 17.5. The SMILES string of the molecule is CCC(C)NC(=O)c1cccc(CNC(=O)Cc2csc3nc(-c4ccccc4)cn23)c1. The van der Waals surface area contributed by atoms with Crippen LogP contribution in [-0.2, 0) is 17.8 Å². The van der Waals surface area contributed by atoms with Gasteiger partial charge in [-0.2, -0.15) is 0 Å². The highest BCUT2D eigenvalue weighted by Crippen LogP contribution is 2.23. The van der Waals surface area contributed by atoms with E-state index in [2.05, 4.69) is 15.6 Å². The standard InChI is InChI=1S/C25H26N4O2S/c1-3-17(2)27-24(31)20-11-7-8-18(12-20)14-26-23(30)13-21-16-32-25-28-22(15-29(21)25)19-9-5-4-6-10-19/h4-12,15-17H,3,13-14H2,1-2H3,(H,26,30)(H,27,31). The minimum Gasteiger partial charge on any atom is -0.352 e. The van der Waals surface area contributed by atoms with Gasteiger partial charge in [-0.05, 0) is 31.0 Å². The van der Waals surface area contributed by atoms with Crippen molar-refractivity contribution < 1.29 is 9.59 Å². The van der Waals surface area contributed by atoms with Crippen molar-refractivity contribution in [2.45, 2.75) is 39.3 Å². The molecule has 1 unspecified atom stereocenters. The number of amides is 2. The third-order valence-electron chi connectivity index (χ3n) is 5.36. The van der Waals surface area contributed by atoms with Crippen molar-refractivity contribution in [1.82, 2.24) is 20.0 Å². The van der Waals surface area contributed by atoms with Crippen LogP contribution in [0.25, 0.3) is 16.2 Å². The van der Waals surface area contributed by atoms with Gasteiger partial charge in [0, 0.05) is 41.0 Å². The van der Waals surface area contributed by atoms with Gasteiger partial charge >= 0.3 is 0 Å². The fourth-order valence-electron chi connectivity index (χ4n) is 3.36. The lowest BCUT2D eigenvalue weighted by Gasteiger charge is -2.12. The Morgan fingerprint density at radius 3 is 2.72 bits per heavy atom. The van der Waals surface area contributed by atoms with Crippen LogP contribution < -0.4 is 10.6 Å². The normalized spacial score (nSPS) is 11.9. The van der Waals surface area contributed by atoms with E-state index in [0.29, 0.717) is 12.1 Å². The largest absolute Gasteiger partial charge is 0.352 e. The lowest BCUT2D eigenvalue weighted by atomic mass is 10.1. The number of nitrogens with zero attached hydrogens (tertiary/aromatic N) is 2. The fourth-order valence-corrected chi connectivity index (χ4v) is 4.24. The van der Waals surface area contributed by atoms with Crippen molar-refractivity contribution in [1.29, 1.82) is 0 Å². The van der Waals surface area contributed by atoms with Crippen LogP contribution in [0.3, 0.4) is 0 Å². The minimum atomic E-state index is -0.0949. The summed E-state index contributed by atoms with van der Waals surface area (Å²) in [6.07, 6.45) is 3.11. The predicted molar refractivity (Wildman–Crippen MR) is 128 cm³/mol. The first-order valence-electron chi connectivity index (χ1n) is 10.7. The first-order valence-corrected chi connectivity index (χ1v) is 11.6. The first-order chi connectivity index (χ1) is 15.5. The van der Waals surface area contributed by atoms with Gasteiger partial charge in [-0.1, -0.05) is 49.4 Å². The molecule has 2 heterocycles. The van der Waals surface area contributed by atoms with Gasteiger partial charge in [0.25, 0.3) is 5.91 Å². The maximum absolute atomic E-state index is 12.6. The number of fused-ring (bicyclic) bond motifs is 1. The second-order valence-electron chi connectivity index (χ2n) is 7.81. The number of hydrogen-bond donors (Lipinski definition) is 2. The lowest BCUT2D eigenvalue weighted by Crippen LogP contribution is -2.32. The van der Waals surface area contributed by atoms with E-state index in [1.54, 1.807) is 6.07 Å². The van der Waals surface area contributed by atoms with Crippen LogP contribution in [0, 0.1) is 0 Å². The Morgan fingerprint density at radius 2 is 1.94 bits per heavy atom. The average Bonchev–Trinajstić information content (AvgIpc) is 3.40. The van der Waals surface area contributed by atoms with Crippen molar-refractivity contribution in [2.75, 3.05) is 0 Å². The topological polar surface area (TPSA) is 75.5 Å². The molecule has 0 bridgehead atoms. The van der Waals surface area contributed by atoms with Crippen LogP contribution in [0.15, 0.2) is 66.2 Å². The third kappa shape index (κ3) is 5.06. The molecule has 0 aliphatic heterocycles. The van der Waals surface area contributed by atoms with E-state index in [1.807, 2.05) is 78.4 Å². The Kier molecular flexibility index (Phi) is 6.66. The summed E-state index contributed by atoms with van der Waals surface area (Å²) in [6.45, 7) is 4.38. The highest BCUT2D eigenvalue weighted by Gasteiger charge is 2.13. The highest BCUT2D eigenvalue weighted by molar-refractivity contribution is 7.15. The van der Waals surface area contributed by atoms with Crippen LogP contribution in [0.1, 0.15) is 41.9 Å². The van der Waals surface area contributed by atoms with Gasteiger partial charge in [0.2, 0.25) is 5.91 Å². The van der Waals surface area contributed by atoms with Crippen molar-refractivity contribution in [3.8, 4) is 11.3 Å². The van der Waals surface area contributed by atoms with Crippen LogP contribution in [-0.4, -0.2) is 27.2 Å². The molecular formula is C25H26N4O2S. The van der Waals surface area contributed by atoms with E-state index in [0.717, 1.165) is 33.9 Å². The summed E-state index contributed by atoms with van der Waals surface area (Å²) in [5, 5.41) is 7.89. The lowest BCUT2D eigenvalue weighted by molar-refractivity contribution is -0.120. The number of carbonyl (C=O) groups is 2. The van der Waals surface area contributed by atoms with Crippen LogP contribution in [0.4, 0.5) is 0 Å². The smallest absolute Gasteiger partial charge is 0.251 e. The molecule has 164 valence electrons. The quantitative estimate of drug-likeness (QED) is 0.420. The van der Waals surface area contributed by atoms with Crippen molar-refractivity contribution in [2.24, 2.45) is 0 Å². The molecule has 0 aliphatic rings. The number of imidazole rings is 1. The first kappa shape index (κ1) is 21.8. The molecule has 0 saturated carbocycles. The van der Waals surface area contributed by atoms with Gasteiger partial charge < -0.3 is 10.6 Å². The van der Waals surface area contributed by atoms with Crippen LogP contribution >= 0.6 is 11.3 Å². The average molecular weight is 447 g/mol. The number of benzene rings is 2. The van der Waals surface area contributed by atoms with E-state index in [9.17, 15) is 9.59 Å². The molecular weight excluding hydrogens is 420 g/mol. The molecule has 0 fully saturated rings. The molecule has 4 rings (SSSR count). The number of rotatable bonds is 8. The molecule has 2 N–H and O–H groups in total. The Balaban J connectivity index is 1.38. The Bertz CT molecular complexity index is 1230. The molecule has 32 heavy (non-hydrogen) atoms. The summed E-state index contributed by atoms with van der Waals surface area (Å²) in [4.78, 5) is 30.5. The second kappa shape index (κ2) is 9.78. The Hall–Kier alpha value is -3.45. The summed E-state index contributed by atoms with van der Waals surface area (Å²) >= 11 is 1.53. The number of carbonyl (C=O) groups excluding carboxylic acids is 2. The van der Waals surface area contributed by atoms with Crippen molar-refractivity contribution in [3.63, 3.8) is 0 Å². The van der Waals surface area contributed by atoms with Gasteiger partial charge in [-0.25, -0.2) is 4.98 Å². The zero-order valence-corrected chi connectivity index (χ0v) is 19.0. The molecule has 0 radical (unpaired) electrons. The zero-order chi connectivity index (χ0) is 22.5. The maximum Gasteiger partial charge on any atom is 0.251 e. The zero-order valence-electron chi connectivity index (χ0n) is 18.2. The number of thiazole rings is 1. The summed E-state index contributed by atoms with van der Waals surface area (Å²) < 4.78 is 1.98. The van der Waals surface area contributed by atoms with E-state index in [1.165, 1.54) is 11.3 Å². The predicted octanol–water partition coefficient (Wildman–Crippen LogP) is 4.45. The summed E-state index contributed by atoms with van der Waals surface area (Å²) in [5.74, 6) is -0.170. The van der Waals surface area contributed by atoms with Gasteiger partial charge in [-0.3, -0.25) is 14.0 Å². The molecule has 6 nitrogen and oxygen atoms in total. The third-order valence-corrected chi connectivity index (χ3v) is 6.25.